The van der Waals surface area contributed by atoms with Crippen LogP contribution in [0.3, 0.4) is 0 Å². The molecule has 2 unspecified atom stereocenters. The van der Waals surface area contributed by atoms with Crippen molar-refractivity contribution in [2.45, 2.75) is 37.8 Å². The maximum atomic E-state index is 12.4. The summed E-state index contributed by atoms with van der Waals surface area (Å²) in [6, 6.07) is 6.28. The van der Waals surface area contributed by atoms with E-state index in [0.717, 1.165) is 37.4 Å². The minimum absolute atomic E-state index is 0.158. The number of thioether (sulfide) groups is 1. The van der Waals surface area contributed by atoms with Crippen molar-refractivity contribution in [2.75, 3.05) is 5.75 Å². The lowest BCUT2D eigenvalue weighted by molar-refractivity contribution is -0.127. The molecule has 3 rings (SSSR count). The van der Waals surface area contributed by atoms with E-state index in [0.29, 0.717) is 10.6 Å². The molecule has 0 aromatic heterocycles. The Labute approximate surface area is 143 Å². The van der Waals surface area contributed by atoms with Gasteiger partial charge in [0.2, 0.25) is 5.91 Å². The third kappa shape index (κ3) is 3.53. The molecule has 1 aliphatic heterocycles. The Kier molecular flexibility index (Phi) is 4.92. The molecular formula is C16H17ClN2O3S. The Bertz CT molecular complexity index is 636. The van der Waals surface area contributed by atoms with Gasteiger partial charge in [-0.15, -0.1) is 0 Å². The minimum Gasteiger partial charge on any atom is -0.347 e. The van der Waals surface area contributed by atoms with Gasteiger partial charge in [0.1, 0.15) is 0 Å². The lowest BCUT2D eigenvalue weighted by atomic mass is 9.89. The van der Waals surface area contributed by atoms with Crippen molar-refractivity contribution in [1.82, 2.24) is 10.2 Å². The quantitative estimate of drug-likeness (QED) is 0.907. The molecule has 1 N–H and O–H groups in total. The molecule has 5 nitrogen and oxygen atoms in total. The molecule has 1 saturated heterocycles. The Morgan fingerprint density at radius 3 is 2.74 bits per heavy atom. The molecule has 1 aromatic carbocycles. The fraction of sp³-hybridized carbons (Fsp3) is 0.438. The van der Waals surface area contributed by atoms with E-state index in [9.17, 15) is 14.4 Å². The molecule has 1 saturated carbocycles. The number of nitrogens with one attached hydrogen (secondary N) is 1. The largest absolute Gasteiger partial charge is 0.347 e. The van der Waals surface area contributed by atoms with Crippen molar-refractivity contribution >= 4 is 40.4 Å². The minimum atomic E-state index is -0.248. The number of imide groups is 1. The number of carbonyl (C=O) groups is 3. The fourth-order valence-corrected chi connectivity index (χ4v) is 4.11. The summed E-state index contributed by atoms with van der Waals surface area (Å²) in [7, 11) is 0. The Morgan fingerprint density at radius 2 is 2.04 bits per heavy atom. The van der Waals surface area contributed by atoms with Gasteiger partial charge in [0.15, 0.2) is 0 Å². The van der Waals surface area contributed by atoms with E-state index in [4.69, 9.17) is 11.6 Å². The van der Waals surface area contributed by atoms with Crippen LogP contribution in [-0.2, 0) is 4.79 Å². The zero-order valence-corrected chi connectivity index (χ0v) is 14.0. The standard InChI is InChI=1S/C16H17ClN2O3S/c17-11-5-3-4-10(8-11)15(21)18-12-6-1-2-7-13(12)19-14(20)9-23-16(19)22/h3-5,8,12-13H,1-2,6-7,9H2,(H,18,21). The van der Waals surface area contributed by atoms with Gasteiger partial charge >= 0.3 is 0 Å². The fourth-order valence-electron chi connectivity index (χ4n) is 3.15. The van der Waals surface area contributed by atoms with Crippen LogP contribution < -0.4 is 5.32 Å². The second kappa shape index (κ2) is 6.93. The molecule has 2 aliphatic rings. The molecule has 0 radical (unpaired) electrons. The van der Waals surface area contributed by atoms with E-state index in [1.165, 1.54) is 4.90 Å². The van der Waals surface area contributed by atoms with Gasteiger partial charge in [-0.25, -0.2) is 0 Å². The molecule has 3 amide bonds. The van der Waals surface area contributed by atoms with Crippen LogP contribution in [0.4, 0.5) is 4.79 Å². The van der Waals surface area contributed by atoms with Crippen LogP contribution in [0, 0.1) is 0 Å². The van der Waals surface area contributed by atoms with Crippen LogP contribution >= 0.6 is 23.4 Å². The van der Waals surface area contributed by atoms with Crippen LogP contribution in [0.1, 0.15) is 36.0 Å². The predicted octanol–water partition coefficient (Wildman–Crippen LogP) is 3.08. The van der Waals surface area contributed by atoms with Gasteiger partial charge in [-0.2, -0.15) is 0 Å². The van der Waals surface area contributed by atoms with Crippen molar-refractivity contribution in [2.24, 2.45) is 0 Å². The molecule has 0 spiro atoms. The van der Waals surface area contributed by atoms with Crippen molar-refractivity contribution in [3.05, 3.63) is 34.9 Å². The van der Waals surface area contributed by atoms with Crippen molar-refractivity contribution in [3.63, 3.8) is 0 Å². The van der Waals surface area contributed by atoms with Crippen molar-refractivity contribution < 1.29 is 14.4 Å². The summed E-state index contributed by atoms with van der Waals surface area (Å²) in [5, 5.41) is 3.27. The number of hydrogen-bond acceptors (Lipinski definition) is 4. The zero-order valence-electron chi connectivity index (χ0n) is 12.5. The van der Waals surface area contributed by atoms with Crippen LogP contribution in [0.5, 0.6) is 0 Å². The number of hydrogen-bond donors (Lipinski definition) is 1. The van der Waals surface area contributed by atoms with E-state index in [1.807, 2.05) is 0 Å². The number of amides is 3. The first-order chi connectivity index (χ1) is 11.1. The number of halogens is 1. The van der Waals surface area contributed by atoms with E-state index in [1.54, 1.807) is 24.3 Å². The van der Waals surface area contributed by atoms with Crippen LogP contribution in [0.2, 0.25) is 5.02 Å². The maximum absolute atomic E-state index is 12.4. The van der Waals surface area contributed by atoms with Gasteiger partial charge < -0.3 is 5.32 Å². The number of nitrogens with zero attached hydrogens (tertiary/aromatic N) is 1. The van der Waals surface area contributed by atoms with E-state index in [-0.39, 0.29) is 34.9 Å². The van der Waals surface area contributed by atoms with Gasteiger partial charge in [0.05, 0.1) is 17.8 Å². The Morgan fingerprint density at radius 1 is 1.26 bits per heavy atom. The SMILES string of the molecule is O=C(NC1CCCCC1N1C(=O)CSC1=O)c1cccc(Cl)c1. The zero-order chi connectivity index (χ0) is 16.4. The highest BCUT2D eigenvalue weighted by Crippen LogP contribution is 2.30. The highest BCUT2D eigenvalue weighted by molar-refractivity contribution is 8.14. The first kappa shape index (κ1) is 16.3. The molecule has 1 aliphatic carbocycles. The van der Waals surface area contributed by atoms with E-state index < -0.39 is 0 Å². The van der Waals surface area contributed by atoms with Gasteiger partial charge in [-0.05, 0) is 31.0 Å². The summed E-state index contributed by atoms with van der Waals surface area (Å²) in [6.07, 6.45) is 3.42. The lowest BCUT2D eigenvalue weighted by Crippen LogP contribution is -2.54. The van der Waals surface area contributed by atoms with Gasteiger partial charge in [-0.1, -0.05) is 42.3 Å². The molecule has 1 heterocycles. The number of carbonyl (C=O) groups excluding carboxylic acids is 3. The summed E-state index contributed by atoms with van der Waals surface area (Å²) in [5.74, 6) is -0.186. The Hall–Kier alpha value is -1.53. The predicted molar refractivity (Wildman–Crippen MR) is 89.7 cm³/mol. The normalized spacial score (nSPS) is 24.8. The van der Waals surface area contributed by atoms with E-state index >= 15 is 0 Å². The molecule has 23 heavy (non-hydrogen) atoms. The van der Waals surface area contributed by atoms with Crippen LogP contribution in [0.15, 0.2) is 24.3 Å². The summed E-state index contributed by atoms with van der Waals surface area (Å²) in [4.78, 5) is 37.7. The second-order valence-corrected chi connectivity index (χ2v) is 7.12. The number of benzene rings is 1. The average molecular weight is 353 g/mol. The highest BCUT2D eigenvalue weighted by Gasteiger charge is 2.41. The summed E-state index contributed by atoms with van der Waals surface area (Å²) in [6.45, 7) is 0. The molecule has 1 aromatic rings. The second-order valence-electron chi connectivity index (χ2n) is 5.76. The molecule has 2 atom stereocenters. The third-order valence-corrected chi connectivity index (χ3v) is 5.32. The third-order valence-electron chi connectivity index (χ3n) is 4.25. The van der Waals surface area contributed by atoms with Crippen LogP contribution in [-0.4, -0.2) is 39.8 Å². The molecule has 0 bridgehead atoms. The molecular weight excluding hydrogens is 336 g/mol. The highest BCUT2D eigenvalue weighted by atomic mass is 35.5. The summed E-state index contributed by atoms with van der Waals surface area (Å²) < 4.78 is 0. The van der Waals surface area contributed by atoms with Crippen molar-refractivity contribution in [3.8, 4) is 0 Å². The number of rotatable bonds is 3. The monoisotopic (exact) mass is 352 g/mol. The smallest absolute Gasteiger partial charge is 0.289 e. The summed E-state index contributed by atoms with van der Waals surface area (Å²) >= 11 is 6.96. The molecule has 2 fully saturated rings. The van der Waals surface area contributed by atoms with E-state index in [2.05, 4.69) is 5.32 Å². The molecule has 122 valence electrons. The molecule has 7 heteroatoms. The summed E-state index contributed by atoms with van der Waals surface area (Å²) in [5.41, 5.74) is 0.482. The first-order valence-corrected chi connectivity index (χ1v) is 8.98. The van der Waals surface area contributed by atoms with Crippen LogP contribution in [0.25, 0.3) is 0 Å². The Balaban J connectivity index is 1.75. The van der Waals surface area contributed by atoms with Gasteiger partial charge in [-0.3, -0.25) is 19.3 Å². The maximum Gasteiger partial charge on any atom is 0.289 e. The first-order valence-electron chi connectivity index (χ1n) is 7.61. The lowest BCUT2D eigenvalue weighted by Gasteiger charge is -2.36. The topological polar surface area (TPSA) is 66.5 Å². The average Bonchev–Trinajstić information content (AvgIpc) is 2.87. The van der Waals surface area contributed by atoms with Gasteiger partial charge in [0, 0.05) is 10.6 Å². The van der Waals surface area contributed by atoms with Gasteiger partial charge in [0.25, 0.3) is 11.1 Å². The van der Waals surface area contributed by atoms with Crippen molar-refractivity contribution in [1.29, 1.82) is 0 Å².